The number of aromatic hydroxyl groups is 2. The number of ether oxygens (including phenoxy) is 9. The van der Waals surface area contributed by atoms with Crippen LogP contribution >= 0.6 is 0 Å². The lowest BCUT2D eigenvalue weighted by Gasteiger charge is -2.29. The molecule has 4 N–H and O–H groups in total. The number of allylic oxidation sites excluding steroid dienone is 2. The van der Waals surface area contributed by atoms with Crippen LogP contribution in [0.2, 0.25) is 0 Å². The van der Waals surface area contributed by atoms with Crippen LogP contribution in [0, 0.1) is 47.3 Å². The molecule has 780 valence electrons. The number of methoxy groups -OCH3 is 1. The van der Waals surface area contributed by atoms with E-state index in [9.17, 15) is 20.4 Å². The number of aliphatic hydroxyl groups excluding tert-OH is 2. The fraction of sp³-hybridized carbons (Fsp3) is 0.504. The molecule has 15 heteroatoms. The zero-order valence-corrected chi connectivity index (χ0v) is 90.8. The third-order valence-corrected chi connectivity index (χ3v) is 30.0. The number of benzene rings is 10. The second-order valence-electron chi connectivity index (χ2n) is 40.4. The predicted octanol–water partition coefficient (Wildman–Crippen LogP) is 37.7. The van der Waals surface area contributed by atoms with Crippen molar-refractivity contribution in [2.45, 2.75) is 316 Å². The Morgan fingerprint density at radius 2 is 0.410 bits per heavy atom. The molecule has 1 aliphatic rings. The number of phenolic OH excluding ortho intramolecular Hbond substituents is 2. The molecule has 0 bridgehead atoms. The highest BCUT2D eigenvalue weighted by atomic mass is 16.5. The largest absolute Gasteiger partial charge is 0.507 e. The number of hydrogen-bond donors (Lipinski definition) is 4. The third kappa shape index (κ3) is 30.9. The van der Waals surface area contributed by atoms with E-state index >= 15 is 0 Å². The Kier molecular flexibility index (Phi) is 47.0. The molecular formula is C129H176N2O13. The normalized spacial score (nSPS) is 13.7. The average molecular weight is 1960 g/mol. The lowest BCUT2D eigenvalue weighted by molar-refractivity contribution is 0.223. The molecule has 10 aromatic carbocycles. The summed E-state index contributed by atoms with van der Waals surface area (Å²) in [4.78, 5) is 4.21. The molecule has 1 aliphatic carbocycles. The van der Waals surface area contributed by atoms with Crippen LogP contribution in [0.15, 0.2) is 212 Å². The highest BCUT2D eigenvalue weighted by Crippen LogP contribution is 2.54. The van der Waals surface area contributed by atoms with Crippen molar-refractivity contribution in [3.05, 3.63) is 223 Å². The molecule has 144 heavy (non-hydrogen) atoms. The van der Waals surface area contributed by atoms with E-state index in [0.717, 1.165) is 307 Å². The minimum absolute atomic E-state index is 0.0410. The monoisotopic (exact) mass is 1960 g/mol. The van der Waals surface area contributed by atoms with Gasteiger partial charge < -0.3 is 72.9 Å². The van der Waals surface area contributed by atoms with Crippen molar-refractivity contribution in [2.24, 2.45) is 47.3 Å². The van der Waals surface area contributed by atoms with Crippen LogP contribution in [0.25, 0.3) is 55.7 Å². The van der Waals surface area contributed by atoms with Gasteiger partial charge in [0.15, 0.2) is 0 Å². The van der Waals surface area contributed by atoms with E-state index in [0.29, 0.717) is 129 Å². The van der Waals surface area contributed by atoms with E-state index in [1.54, 1.807) is 31.4 Å². The number of hydrogen-bond acceptors (Lipinski definition) is 15. The lowest BCUT2D eigenvalue weighted by Crippen LogP contribution is -2.14. The second kappa shape index (κ2) is 59.9. The van der Waals surface area contributed by atoms with Gasteiger partial charge in [-0.15, -0.1) is 0 Å². The molecule has 15 nitrogen and oxygen atoms in total. The third-order valence-electron chi connectivity index (χ3n) is 30.0. The summed E-state index contributed by atoms with van der Waals surface area (Å²) < 4.78 is 61.5. The van der Waals surface area contributed by atoms with Gasteiger partial charge in [-0.1, -0.05) is 332 Å². The molecule has 0 saturated heterocycles. The zero-order chi connectivity index (χ0) is 103. The van der Waals surface area contributed by atoms with Gasteiger partial charge in [0.2, 0.25) is 0 Å². The highest BCUT2D eigenvalue weighted by Gasteiger charge is 2.36. The summed E-state index contributed by atoms with van der Waals surface area (Å²) in [6.07, 6.45) is 35.0. The summed E-state index contributed by atoms with van der Waals surface area (Å²) in [7, 11) is 1.69. The van der Waals surface area contributed by atoms with E-state index in [1.807, 2.05) is 42.5 Å². The number of rotatable bonds is 69. The summed E-state index contributed by atoms with van der Waals surface area (Å²) in [5.74, 6) is 8.91. The lowest BCUT2D eigenvalue weighted by atomic mass is 9.83. The minimum atomic E-state index is -0.285. The van der Waals surface area contributed by atoms with Gasteiger partial charge in [-0.05, 0) is 230 Å². The van der Waals surface area contributed by atoms with Crippen molar-refractivity contribution in [3.63, 3.8) is 0 Å². The Labute approximate surface area is 866 Å². The number of aliphatic hydroxyl groups is 2. The summed E-state index contributed by atoms with van der Waals surface area (Å²) in [5, 5.41) is 50.8. The summed E-state index contributed by atoms with van der Waals surface area (Å²) >= 11 is 0. The van der Waals surface area contributed by atoms with Crippen molar-refractivity contribution in [3.8, 4) is 108 Å². The van der Waals surface area contributed by atoms with E-state index < -0.39 is 0 Å². The van der Waals surface area contributed by atoms with E-state index in [2.05, 4.69) is 254 Å². The van der Waals surface area contributed by atoms with Crippen LogP contribution < -0.4 is 52.4 Å². The van der Waals surface area contributed by atoms with E-state index in [1.165, 1.54) is 0 Å². The first-order valence-corrected chi connectivity index (χ1v) is 56.1. The molecule has 0 amide bonds. The Bertz CT molecular complexity index is 5240. The van der Waals surface area contributed by atoms with Crippen LogP contribution in [0.3, 0.4) is 0 Å². The van der Waals surface area contributed by atoms with Crippen LogP contribution in [-0.2, 0) is 0 Å². The molecular weight excluding hydrogens is 1790 g/mol. The van der Waals surface area contributed by atoms with Gasteiger partial charge in [0, 0.05) is 69.5 Å². The number of phenols is 2. The van der Waals surface area contributed by atoms with Gasteiger partial charge >= 0.3 is 0 Å². The fourth-order valence-electron chi connectivity index (χ4n) is 19.8. The first kappa shape index (κ1) is 113. The maximum absolute atomic E-state index is 12.8. The zero-order valence-electron chi connectivity index (χ0n) is 90.8. The van der Waals surface area contributed by atoms with Crippen molar-refractivity contribution in [1.82, 2.24) is 0 Å². The van der Waals surface area contributed by atoms with Gasteiger partial charge in [-0.2, -0.15) is 0 Å². The first-order chi connectivity index (χ1) is 70.3. The molecule has 11 rings (SSSR count). The summed E-state index contributed by atoms with van der Waals surface area (Å²) in [6, 6.07) is 67.1. The molecule has 0 saturated carbocycles. The maximum atomic E-state index is 12.8. The Morgan fingerprint density at radius 3 is 0.590 bits per heavy atom. The minimum Gasteiger partial charge on any atom is -0.507 e. The smallest absolute Gasteiger partial charge is 0.139 e. The van der Waals surface area contributed by atoms with Gasteiger partial charge in [-0.25, -0.2) is 0 Å². The molecule has 0 fully saturated rings. The highest BCUT2D eigenvalue weighted by molar-refractivity contribution is 6.08. The van der Waals surface area contributed by atoms with Gasteiger partial charge in [-0.3, -0.25) is 0 Å². The second-order valence-corrected chi connectivity index (χ2v) is 40.4. The number of anilines is 6. The standard InChI is InChI=1S/C129H176N2O13/c1-18-34-45-91(26-9)83-137-114-53-42-54-115(138-84-92(27-10)46-35-19-2)122(114)99-59-67-103(68-60-99)130(104-69-61-100(62-70-104)123-116(139-85-93(28-11)47-36-20-3)55-43-56-117(123)140-86-94(29-12)48-37-21-4)107-75-77-110(112(132)79-107)126-128(134)127(129(126)135)111-78-76-108(80-113(111)133)131(105-71-63-101(64-72-105)124-118(141-87-95(30-13)49-38-22-5)57-44-58-119(124)142-88-96(31-14)50-39-23-6)106-73-65-102(66-74-106)125-120(143-89-97(32-15)51-40-24-7)81-109(136-17)82-121(125)144-90-98(33-16)52-41-25-8/h42-44,53-82,91-98,132-135H,18-41,45-52,83-90H2,1-17H3. The van der Waals surface area contributed by atoms with E-state index in [4.69, 9.17) is 42.6 Å². The van der Waals surface area contributed by atoms with E-state index in [-0.39, 0.29) is 45.3 Å². The predicted molar refractivity (Wildman–Crippen MR) is 603 cm³/mol. The molecule has 0 aliphatic heterocycles. The van der Waals surface area contributed by atoms with Crippen LogP contribution in [0.5, 0.6) is 63.2 Å². The SMILES string of the molecule is CCCCC(CC)COc1cccc(OCC(CC)CCCC)c1-c1ccc(N(c2ccc(-c3c(OCC(CC)CCCC)cccc3OCC(CC)CCCC)cc2)c2ccc(C3=C(O)C(c4ccc(N(c5ccc(-c6c(OCC(CC)CCCC)cccc6OCC(CC)CCCC)cc5)c5ccc(-c6c(OCC(CC)CCCC)cc(OC)cc6OCC(CC)CCCC)cc5)cc4O)=C3O)c(O)c2)cc1. The van der Waals surface area contributed by atoms with Gasteiger partial charge in [0.05, 0.1) is 93.4 Å². The molecule has 8 atom stereocenters. The molecule has 10 aromatic rings. The Balaban J connectivity index is 1.01. The number of nitrogens with zero attached hydrogens (tertiary/aromatic N) is 2. The van der Waals surface area contributed by atoms with Gasteiger partial charge in [0.25, 0.3) is 0 Å². The topological polar surface area (TPSA) is 170 Å². The number of unbranched alkanes of at least 4 members (excludes halogenated alkanes) is 8. The molecule has 0 aromatic heterocycles. The Morgan fingerprint density at radius 1 is 0.222 bits per heavy atom. The van der Waals surface area contributed by atoms with Crippen molar-refractivity contribution < 1.29 is 63.1 Å². The summed E-state index contributed by atoms with van der Waals surface area (Å²) in [6.45, 7) is 40.6. The van der Waals surface area contributed by atoms with Crippen molar-refractivity contribution >= 4 is 45.3 Å². The fourth-order valence-corrected chi connectivity index (χ4v) is 19.8. The van der Waals surface area contributed by atoms with Crippen LogP contribution in [-0.4, -0.2) is 80.4 Å². The molecule has 0 spiro atoms. The maximum Gasteiger partial charge on any atom is 0.139 e. The summed E-state index contributed by atoms with van der Waals surface area (Å²) in [5.41, 5.74) is 12.1. The van der Waals surface area contributed by atoms with Crippen LogP contribution in [0.1, 0.15) is 327 Å². The van der Waals surface area contributed by atoms with Crippen LogP contribution in [0.4, 0.5) is 34.1 Å². The quantitative estimate of drug-likeness (QED) is 0.0284. The first-order valence-electron chi connectivity index (χ1n) is 56.1. The average Bonchev–Trinajstić information content (AvgIpc) is 0.727. The van der Waals surface area contributed by atoms with Gasteiger partial charge in [0.1, 0.15) is 74.8 Å². The Hall–Kier alpha value is -11.3. The molecule has 0 heterocycles. The van der Waals surface area contributed by atoms with Crippen molar-refractivity contribution in [2.75, 3.05) is 69.8 Å². The van der Waals surface area contributed by atoms with Crippen molar-refractivity contribution in [1.29, 1.82) is 0 Å². The molecule has 0 radical (unpaired) electrons. The molecule has 8 unspecified atom stereocenters.